The van der Waals surface area contributed by atoms with E-state index in [2.05, 4.69) is 25.6 Å². The van der Waals surface area contributed by atoms with Crippen molar-refractivity contribution < 1.29 is 14.3 Å². The van der Waals surface area contributed by atoms with E-state index in [0.29, 0.717) is 21.3 Å². The lowest BCUT2D eigenvalue weighted by Crippen LogP contribution is -2.10. The van der Waals surface area contributed by atoms with Crippen molar-refractivity contribution in [1.82, 2.24) is 20.2 Å². The number of esters is 1. The zero-order valence-electron chi connectivity index (χ0n) is 12.9. The van der Waals surface area contributed by atoms with E-state index >= 15 is 0 Å². The predicted octanol–water partition coefficient (Wildman–Crippen LogP) is 1.98. The minimum atomic E-state index is -0.462. The molecule has 2 aromatic heterocycles. The Kier molecular flexibility index (Phi) is 4.34. The van der Waals surface area contributed by atoms with Crippen LogP contribution < -0.4 is 5.32 Å². The molecule has 1 amide bonds. The molecule has 1 N–H and O–H groups in total. The third-order valence-electron chi connectivity index (χ3n) is 3.22. The van der Waals surface area contributed by atoms with Gasteiger partial charge in [0.1, 0.15) is 4.88 Å². The average Bonchev–Trinajstić information content (AvgIpc) is 3.23. The fourth-order valence-electron chi connectivity index (χ4n) is 2.07. The Morgan fingerprint density at radius 2 is 2.00 bits per heavy atom. The van der Waals surface area contributed by atoms with Crippen molar-refractivity contribution in [3.63, 3.8) is 0 Å². The van der Waals surface area contributed by atoms with E-state index in [1.54, 1.807) is 42.1 Å². The average molecular weight is 343 g/mol. The smallest absolute Gasteiger partial charge is 0.348 e. The Balaban J connectivity index is 1.79. The van der Waals surface area contributed by atoms with Gasteiger partial charge in [0.2, 0.25) is 0 Å². The van der Waals surface area contributed by atoms with Crippen molar-refractivity contribution >= 4 is 28.9 Å². The molecule has 0 atom stereocenters. The standard InChI is InChI=1S/C15H13N5O3S/c1-20-13(17-18-19-20)9-4-3-5-10(8-9)16-14(21)11-6-7-12(24-11)15(22)23-2/h3-8H,1-2H3,(H,16,21). The number of methoxy groups -OCH3 is 1. The first kappa shape index (κ1) is 15.8. The Labute approximate surface area is 141 Å². The lowest BCUT2D eigenvalue weighted by Gasteiger charge is -2.05. The highest BCUT2D eigenvalue weighted by atomic mass is 32.1. The van der Waals surface area contributed by atoms with Gasteiger partial charge >= 0.3 is 5.97 Å². The number of amides is 1. The monoisotopic (exact) mass is 343 g/mol. The third-order valence-corrected chi connectivity index (χ3v) is 4.28. The summed E-state index contributed by atoms with van der Waals surface area (Å²) >= 11 is 1.07. The molecule has 0 unspecified atom stereocenters. The number of ether oxygens (including phenoxy) is 1. The van der Waals surface area contributed by atoms with Crippen LogP contribution >= 0.6 is 11.3 Å². The second-order valence-corrected chi connectivity index (χ2v) is 5.90. The first-order valence-corrected chi connectivity index (χ1v) is 7.72. The Morgan fingerprint density at radius 1 is 1.21 bits per heavy atom. The summed E-state index contributed by atoms with van der Waals surface area (Å²) in [5.74, 6) is -0.172. The molecule has 0 aliphatic rings. The molecule has 0 saturated heterocycles. The van der Waals surface area contributed by atoms with E-state index in [-0.39, 0.29) is 5.91 Å². The highest BCUT2D eigenvalue weighted by Crippen LogP contribution is 2.22. The van der Waals surface area contributed by atoms with E-state index < -0.39 is 5.97 Å². The lowest BCUT2D eigenvalue weighted by molar-refractivity contribution is 0.0606. The van der Waals surface area contributed by atoms with Gasteiger partial charge in [-0.2, -0.15) is 0 Å². The molecule has 9 heteroatoms. The number of aryl methyl sites for hydroxylation is 1. The molecule has 122 valence electrons. The predicted molar refractivity (Wildman–Crippen MR) is 87.8 cm³/mol. The minimum absolute atomic E-state index is 0.302. The molecule has 0 spiro atoms. The second-order valence-electron chi connectivity index (χ2n) is 4.82. The summed E-state index contributed by atoms with van der Waals surface area (Å²) in [6.45, 7) is 0. The number of hydrogen-bond acceptors (Lipinski definition) is 7. The van der Waals surface area contributed by atoms with Crippen LogP contribution in [0.1, 0.15) is 19.3 Å². The number of anilines is 1. The molecule has 0 radical (unpaired) electrons. The third kappa shape index (κ3) is 3.15. The maximum atomic E-state index is 12.3. The van der Waals surface area contributed by atoms with Crippen molar-refractivity contribution in [2.24, 2.45) is 7.05 Å². The van der Waals surface area contributed by atoms with Crippen molar-refractivity contribution in [2.75, 3.05) is 12.4 Å². The van der Waals surface area contributed by atoms with Gasteiger partial charge in [0, 0.05) is 18.3 Å². The van der Waals surface area contributed by atoms with Gasteiger partial charge in [-0.3, -0.25) is 4.79 Å². The number of thiophene rings is 1. The van der Waals surface area contributed by atoms with Gasteiger partial charge in [-0.05, 0) is 34.7 Å². The number of carbonyl (C=O) groups excluding carboxylic acids is 2. The number of aromatic nitrogens is 4. The maximum Gasteiger partial charge on any atom is 0.348 e. The van der Waals surface area contributed by atoms with Crippen LogP contribution in [-0.2, 0) is 11.8 Å². The van der Waals surface area contributed by atoms with Crippen LogP contribution in [0.25, 0.3) is 11.4 Å². The molecule has 0 aliphatic carbocycles. The first-order chi connectivity index (χ1) is 11.6. The van der Waals surface area contributed by atoms with Gasteiger partial charge in [0.25, 0.3) is 5.91 Å². The zero-order chi connectivity index (χ0) is 17.1. The molecule has 2 heterocycles. The lowest BCUT2D eigenvalue weighted by atomic mass is 10.2. The summed E-state index contributed by atoms with van der Waals surface area (Å²) < 4.78 is 6.18. The summed E-state index contributed by atoms with van der Waals surface area (Å²) in [5, 5.41) is 14.1. The Hall–Kier alpha value is -3.07. The summed E-state index contributed by atoms with van der Waals surface area (Å²) in [7, 11) is 3.04. The van der Waals surface area contributed by atoms with E-state index in [4.69, 9.17) is 0 Å². The number of tetrazole rings is 1. The minimum Gasteiger partial charge on any atom is -0.465 e. The number of benzene rings is 1. The molecule has 8 nitrogen and oxygen atoms in total. The van der Waals surface area contributed by atoms with Crippen molar-refractivity contribution in [2.45, 2.75) is 0 Å². The topological polar surface area (TPSA) is 99.0 Å². The van der Waals surface area contributed by atoms with Gasteiger partial charge < -0.3 is 10.1 Å². The summed E-state index contributed by atoms with van der Waals surface area (Å²) in [5.41, 5.74) is 1.38. The molecule has 0 saturated carbocycles. The highest BCUT2D eigenvalue weighted by Gasteiger charge is 2.14. The molecule has 0 aliphatic heterocycles. The molecule has 0 fully saturated rings. The largest absolute Gasteiger partial charge is 0.465 e. The summed E-state index contributed by atoms with van der Waals surface area (Å²) in [4.78, 5) is 24.5. The van der Waals surface area contributed by atoms with Crippen LogP contribution in [0.2, 0.25) is 0 Å². The number of carbonyl (C=O) groups is 2. The van der Waals surface area contributed by atoms with E-state index in [9.17, 15) is 9.59 Å². The molecular weight excluding hydrogens is 330 g/mol. The second kappa shape index (κ2) is 6.59. The Morgan fingerprint density at radius 3 is 2.71 bits per heavy atom. The number of nitrogens with zero attached hydrogens (tertiary/aromatic N) is 4. The van der Waals surface area contributed by atoms with Gasteiger partial charge in [-0.15, -0.1) is 16.4 Å². The van der Waals surface area contributed by atoms with Crippen LogP contribution in [0.5, 0.6) is 0 Å². The van der Waals surface area contributed by atoms with Crippen LogP contribution in [0.3, 0.4) is 0 Å². The van der Waals surface area contributed by atoms with Gasteiger partial charge in [-0.25, -0.2) is 9.48 Å². The number of nitrogens with one attached hydrogen (secondary N) is 1. The highest BCUT2D eigenvalue weighted by molar-refractivity contribution is 7.16. The number of rotatable bonds is 4. The van der Waals surface area contributed by atoms with E-state index in [0.717, 1.165) is 16.9 Å². The zero-order valence-corrected chi connectivity index (χ0v) is 13.7. The normalized spacial score (nSPS) is 10.4. The van der Waals surface area contributed by atoms with Gasteiger partial charge in [-0.1, -0.05) is 12.1 Å². The van der Waals surface area contributed by atoms with E-state index in [1.807, 2.05) is 6.07 Å². The quantitative estimate of drug-likeness (QED) is 0.727. The van der Waals surface area contributed by atoms with Gasteiger partial charge in [0.05, 0.1) is 12.0 Å². The first-order valence-electron chi connectivity index (χ1n) is 6.91. The summed E-state index contributed by atoms with van der Waals surface area (Å²) in [6.07, 6.45) is 0. The van der Waals surface area contributed by atoms with Crippen LogP contribution in [0, 0.1) is 0 Å². The molecule has 3 aromatic rings. The molecule has 1 aromatic carbocycles. The van der Waals surface area contributed by atoms with Crippen molar-refractivity contribution in [1.29, 1.82) is 0 Å². The van der Waals surface area contributed by atoms with Crippen molar-refractivity contribution in [3.8, 4) is 11.4 Å². The molecule has 24 heavy (non-hydrogen) atoms. The maximum absolute atomic E-state index is 12.3. The molecular formula is C15H13N5O3S. The Bertz CT molecular complexity index is 902. The van der Waals surface area contributed by atoms with Gasteiger partial charge in [0.15, 0.2) is 5.82 Å². The van der Waals surface area contributed by atoms with Crippen LogP contribution in [-0.4, -0.2) is 39.2 Å². The fourth-order valence-corrected chi connectivity index (χ4v) is 2.89. The van der Waals surface area contributed by atoms with Crippen LogP contribution in [0.15, 0.2) is 36.4 Å². The molecule has 0 bridgehead atoms. The molecule has 3 rings (SSSR count). The number of hydrogen-bond donors (Lipinski definition) is 1. The van der Waals surface area contributed by atoms with E-state index in [1.165, 1.54) is 7.11 Å². The van der Waals surface area contributed by atoms with Crippen molar-refractivity contribution in [3.05, 3.63) is 46.2 Å². The fraction of sp³-hybridized carbons (Fsp3) is 0.133. The SMILES string of the molecule is COC(=O)c1ccc(C(=O)Nc2cccc(-c3nnnn3C)c2)s1. The summed E-state index contributed by atoms with van der Waals surface area (Å²) in [6, 6.07) is 10.3. The van der Waals surface area contributed by atoms with Crippen LogP contribution in [0.4, 0.5) is 5.69 Å².